The molecule has 0 aliphatic carbocycles. The first-order chi connectivity index (χ1) is 13.0. The van der Waals surface area contributed by atoms with E-state index in [9.17, 15) is 14.7 Å². The van der Waals surface area contributed by atoms with Crippen molar-refractivity contribution in [3.05, 3.63) is 47.2 Å². The molecule has 2 aliphatic heterocycles. The Hall–Kier alpha value is -2.34. The second-order valence-electron chi connectivity index (χ2n) is 7.15. The molecule has 0 bridgehead atoms. The van der Waals surface area contributed by atoms with Crippen LogP contribution in [0.15, 0.2) is 41.7 Å². The van der Waals surface area contributed by atoms with Gasteiger partial charge in [-0.15, -0.1) is 0 Å². The van der Waals surface area contributed by atoms with Crippen molar-refractivity contribution in [2.45, 2.75) is 45.2 Å². The molecule has 2 atom stereocenters. The van der Waals surface area contributed by atoms with Crippen molar-refractivity contribution in [2.24, 2.45) is 0 Å². The van der Waals surface area contributed by atoms with E-state index in [-0.39, 0.29) is 30.8 Å². The number of ether oxygens (including phenoxy) is 1. The maximum absolute atomic E-state index is 12.6. The van der Waals surface area contributed by atoms with E-state index in [1.165, 1.54) is 11.3 Å². The molecule has 2 heterocycles. The molecule has 0 spiro atoms. The number of benzene rings is 1. The van der Waals surface area contributed by atoms with Crippen LogP contribution in [0.3, 0.4) is 0 Å². The first kappa shape index (κ1) is 19.4. The van der Waals surface area contributed by atoms with Crippen molar-refractivity contribution >= 4 is 11.9 Å². The van der Waals surface area contributed by atoms with Gasteiger partial charge in [0.05, 0.1) is 24.8 Å². The molecule has 0 aromatic heterocycles. The third-order valence-electron chi connectivity index (χ3n) is 5.45. The number of nitrogens with zero attached hydrogens (tertiary/aromatic N) is 2. The monoisotopic (exact) mass is 371 g/mol. The van der Waals surface area contributed by atoms with Gasteiger partial charge in [0.1, 0.15) is 0 Å². The number of carbonyl (C=O) groups excluding carboxylic acids is 2. The fourth-order valence-electron chi connectivity index (χ4n) is 4.09. The highest BCUT2D eigenvalue weighted by Crippen LogP contribution is 2.33. The molecule has 0 radical (unpaired) electrons. The van der Waals surface area contributed by atoms with Crippen LogP contribution in [0.2, 0.25) is 0 Å². The summed E-state index contributed by atoms with van der Waals surface area (Å²) < 4.78 is 4.95. The minimum absolute atomic E-state index is 0.00945. The Bertz CT molecular complexity index is 710. The Kier molecular flexibility index (Phi) is 6.16. The first-order valence-electron chi connectivity index (χ1n) is 9.71. The maximum Gasteiger partial charge on any atom is 0.335 e. The van der Waals surface area contributed by atoms with Crippen LogP contribution in [0.1, 0.15) is 44.7 Å². The van der Waals surface area contributed by atoms with Crippen molar-refractivity contribution in [2.75, 3.05) is 26.2 Å². The van der Waals surface area contributed by atoms with Gasteiger partial charge in [0.2, 0.25) is 5.91 Å². The molecule has 2 aliphatic rings. The van der Waals surface area contributed by atoms with E-state index in [0.717, 1.165) is 31.5 Å². The van der Waals surface area contributed by atoms with Gasteiger partial charge in [-0.2, -0.15) is 0 Å². The zero-order valence-corrected chi connectivity index (χ0v) is 16.0. The minimum atomic E-state index is -0.731. The van der Waals surface area contributed by atoms with Crippen LogP contribution in [0, 0.1) is 0 Å². The molecule has 2 unspecified atom stereocenters. The molecule has 1 aromatic carbocycles. The van der Waals surface area contributed by atoms with E-state index in [1.54, 1.807) is 6.92 Å². The lowest BCUT2D eigenvalue weighted by Gasteiger charge is -2.41. The molecule has 6 nitrogen and oxygen atoms in total. The third-order valence-corrected chi connectivity index (χ3v) is 5.45. The largest absolute Gasteiger partial charge is 0.868 e. The van der Waals surface area contributed by atoms with E-state index < -0.39 is 17.6 Å². The quantitative estimate of drug-likeness (QED) is 0.711. The molecular formula is C21H27N2O4-. The summed E-state index contributed by atoms with van der Waals surface area (Å²) in [5, 5.41) is 12.3. The molecule has 27 heavy (non-hydrogen) atoms. The molecule has 1 aromatic rings. The predicted molar refractivity (Wildman–Crippen MR) is 99.4 cm³/mol. The van der Waals surface area contributed by atoms with E-state index in [0.29, 0.717) is 0 Å². The zero-order chi connectivity index (χ0) is 19.4. The van der Waals surface area contributed by atoms with Gasteiger partial charge in [0, 0.05) is 6.04 Å². The summed E-state index contributed by atoms with van der Waals surface area (Å²) in [6, 6.07) is 9.85. The molecule has 1 saturated heterocycles. The lowest BCUT2D eigenvalue weighted by molar-refractivity contribution is -0.300. The molecule has 0 saturated carbocycles. The lowest BCUT2D eigenvalue weighted by Crippen LogP contribution is -2.48. The van der Waals surface area contributed by atoms with E-state index in [1.807, 2.05) is 25.1 Å². The van der Waals surface area contributed by atoms with Crippen LogP contribution in [-0.2, 0) is 14.3 Å². The molecular weight excluding hydrogens is 344 g/mol. The summed E-state index contributed by atoms with van der Waals surface area (Å²) in [4.78, 5) is 28.6. The molecule has 1 amide bonds. The van der Waals surface area contributed by atoms with Crippen LogP contribution in [-0.4, -0.2) is 54.0 Å². The van der Waals surface area contributed by atoms with Crippen molar-refractivity contribution in [1.29, 1.82) is 0 Å². The highest BCUT2D eigenvalue weighted by Gasteiger charge is 2.38. The van der Waals surface area contributed by atoms with Gasteiger partial charge in [-0.25, -0.2) is 4.79 Å². The predicted octanol–water partition coefficient (Wildman–Crippen LogP) is 1.62. The van der Waals surface area contributed by atoms with Gasteiger partial charge in [-0.3, -0.25) is 9.69 Å². The highest BCUT2D eigenvalue weighted by molar-refractivity contribution is 6.04. The van der Waals surface area contributed by atoms with Crippen molar-refractivity contribution < 1.29 is 19.4 Å². The van der Waals surface area contributed by atoms with E-state index >= 15 is 0 Å². The number of likely N-dealkylation sites (tertiary alicyclic amines) is 1. The highest BCUT2D eigenvalue weighted by atomic mass is 16.5. The molecule has 1 fully saturated rings. The summed E-state index contributed by atoms with van der Waals surface area (Å²) >= 11 is 0. The number of rotatable bonds is 6. The number of hydrogen-bond acceptors (Lipinski definition) is 5. The molecule has 0 N–H and O–H groups in total. The van der Waals surface area contributed by atoms with Crippen molar-refractivity contribution in [3.8, 4) is 0 Å². The second kappa shape index (κ2) is 8.57. The third kappa shape index (κ3) is 4.00. The zero-order valence-electron chi connectivity index (χ0n) is 16.0. The molecule has 6 heteroatoms. The molecule has 146 valence electrons. The summed E-state index contributed by atoms with van der Waals surface area (Å²) in [5.74, 6) is -2.02. The van der Waals surface area contributed by atoms with Crippen LogP contribution in [0.25, 0.3) is 0 Å². The van der Waals surface area contributed by atoms with Crippen LogP contribution < -0.4 is 5.11 Å². The fraction of sp³-hybridized carbons (Fsp3) is 0.524. The van der Waals surface area contributed by atoms with Gasteiger partial charge < -0.3 is 14.7 Å². The SMILES string of the molecule is CCOC(=O)C1=C([O-])C(=O)N(C(C)C(c2ccccc2)N2CCCCC2)C1. The Morgan fingerprint density at radius 2 is 1.85 bits per heavy atom. The summed E-state index contributed by atoms with van der Waals surface area (Å²) in [6.45, 7) is 5.78. The van der Waals surface area contributed by atoms with Gasteiger partial charge in [-0.1, -0.05) is 36.8 Å². The summed E-state index contributed by atoms with van der Waals surface area (Å²) in [7, 11) is 0. The number of amides is 1. The lowest BCUT2D eigenvalue weighted by atomic mass is 9.95. The Morgan fingerprint density at radius 3 is 2.48 bits per heavy atom. The van der Waals surface area contributed by atoms with Crippen LogP contribution in [0.5, 0.6) is 0 Å². The van der Waals surface area contributed by atoms with Crippen LogP contribution >= 0.6 is 0 Å². The fourth-order valence-corrected chi connectivity index (χ4v) is 4.09. The Balaban J connectivity index is 1.85. The number of piperidine rings is 1. The first-order valence-corrected chi connectivity index (χ1v) is 9.71. The van der Waals surface area contributed by atoms with Gasteiger partial charge in [0.25, 0.3) is 0 Å². The second-order valence-corrected chi connectivity index (χ2v) is 7.15. The van der Waals surface area contributed by atoms with Crippen molar-refractivity contribution in [3.63, 3.8) is 0 Å². The van der Waals surface area contributed by atoms with Gasteiger partial charge in [0.15, 0.2) is 0 Å². The van der Waals surface area contributed by atoms with Crippen LogP contribution in [0.4, 0.5) is 0 Å². The average Bonchev–Trinajstić information content (AvgIpc) is 2.99. The Morgan fingerprint density at radius 1 is 1.19 bits per heavy atom. The van der Waals surface area contributed by atoms with Gasteiger partial charge in [-0.05, 0) is 51.1 Å². The minimum Gasteiger partial charge on any atom is -0.868 e. The Labute approximate surface area is 160 Å². The average molecular weight is 371 g/mol. The topological polar surface area (TPSA) is 72.9 Å². The van der Waals surface area contributed by atoms with Crippen molar-refractivity contribution in [1.82, 2.24) is 9.80 Å². The standard InChI is InChI=1S/C21H28N2O4/c1-3-27-21(26)17-14-23(20(25)19(17)24)15(2)18(16-10-6-4-7-11-16)22-12-8-5-9-13-22/h4,6-7,10-11,15,18,24H,3,5,8-9,12-14H2,1-2H3/p-1. The maximum atomic E-state index is 12.6. The molecule has 3 rings (SSSR count). The number of esters is 1. The number of carbonyl (C=O) groups is 2. The number of hydrogen-bond donors (Lipinski definition) is 0. The van der Waals surface area contributed by atoms with Gasteiger partial charge >= 0.3 is 5.97 Å². The summed E-state index contributed by atoms with van der Waals surface area (Å²) in [5.41, 5.74) is 1.07. The smallest absolute Gasteiger partial charge is 0.335 e. The normalized spacial score (nSPS) is 20.7. The van der Waals surface area contributed by atoms with E-state index in [4.69, 9.17) is 4.74 Å². The summed E-state index contributed by atoms with van der Waals surface area (Å²) in [6.07, 6.45) is 3.47. The van der Waals surface area contributed by atoms with E-state index in [2.05, 4.69) is 17.0 Å².